The van der Waals surface area contributed by atoms with E-state index in [9.17, 15) is 19.8 Å². The number of carbonyl (C=O) groups is 2. The van der Waals surface area contributed by atoms with Crippen LogP contribution in [0.15, 0.2) is 23.8 Å². The van der Waals surface area contributed by atoms with Gasteiger partial charge in [0, 0.05) is 5.92 Å². The first kappa shape index (κ1) is 27.6. The molecule has 2 aliphatic rings. The van der Waals surface area contributed by atoms with Gasteiger partial charge in [0.05, 0.1) is 30.7 Å². The van der Waals surface area contributed by atoms with Gasteiger partial charge in [0.15, 0.2) is 0 Å². The van der Waals surface area contributed by atoms with Gasteiger partial charge in [0.25, 0.3) is 0 Å². The van der Waals surface area contributed by atoms with E-state index in [1.54, 1.807) is 6.92 Å². The Hall–Kier alpha value is -1.66. The highest BCUT2D eigenvalue weighted by atomic mass is 16.5. The first-order valence-corrected chi connectivity index (χ1v) is 12.6. The number of aliphatic hydroxyl groups is 2. The molecular weight excluding hydrogens is 420 g/mol. The molecule has 2 N–H and O–H groups in total. The lowest BCUT2D eigenvalue weighted by Gasteiger charge is -2.44. The third-order valence-electron chi connectivity index (χ3n) is 7.38. The zero-order chi connectivity index (χ0) is 24.8. The Labute approximate surface area is 199 Å². The van der Waals surface area contributed by atoms with E-state index in [2.05, 4.69) is 32.1 Å². The van der Waals surface area contributed by atoms with Gasteiger partial charge in [-0.1, -0.05) is 39.0 Å². The fourth-order valence-corrected chi connectivity index (χ4v) is 4.98. The summed E-state index contributed by atoms with van der Waals surface area (Å²) >= 11 is 0. The van der Waals surface area contributed by atoms with Crippen molar-refractivity contribution in [3.63, 3.8) is 0 Å². The largest absolute Gasteiger partial charge is 0.466 e. The predicted molar refractivity (Wildman–Crippen MR) is 128 cm³/mol. The molecule has 0 aromatic heterocycles. The second kappa shape index (κ2) is 12.2. The van der Waals surface area contributed by atoms with Gasteiger partial charge in [0.2, 0.25) is 0 Å². The van der Waals surface area contributed by atoms with Crippen molar-refractivity contribution >= 4 is 11.9 Å². The van der Waals surface area contributed by atoms with Gasteiger partial charge >= 0.3 is 11.9 Å². The number of hydrogen-bond donors (Lipinski definition) is 2. The number of allylic oxidation sites excluding steroid dienone is 3. The maximum atomic E-state index is 12.9. The van der Waals surface area contributed by atoms with Crippen molar-refractivity contribution in [2.45, 2.75) is 98.4 Å². The van der Waals surface area contributed by atoms with E-state index < -0.39 is 23.6 Å². The average molecular weight is 465 g/mol. The van der Waals surface area contributed by atoms with E-state index in [0.29, 0.717) is 12.3 Å². The van der Waals surface area contributed by atoms with Crippen LogP contribution in [0.25, 0.3) is 0 Å². The van der Waals surface area contributed by atoms with Crippen LogP contribution in [0, 0.1) is 29.1 Å². The van der Waals surface area contributed by atoms with Crippen LogP contribution in [-0.4, -0.2) is 47.1 Å². The molecule has 0 amide bonds. The minimum atomic E-state index is -0.918. The summed E-state index contributed by atoms with van der Waals surface area (Å²) in [5.41, 5.74) is 0.710. The first-order chi connectivity index (χ1) is 15.5. The van der Waals surface area contributed by atoms with E-state index in [1.165, 1.54) is 5.57 Å². The Morgan fingerprint density at radius 1 is 1.18 bits per heavy atom. The van der Waals surface area contributed by atoms with E-state index in [0.717, 1.165) is 19.3 Å². The Morgan fingerprint density at radius 2 is 1.88 bits per heavy atom. The molecule has 0 heterocycles. The number of rotatable bonds is 11. The molecular formula is C27H44O6. The molecule has 188 valence electrons. The van der Waals surface area contributed by atoms with Crippen molar-refractivity contribution in [1.29, 1.82) is 0 Å². The fourth-order valence-electron chi connectivity index (χ4n) is 4.98. The lowest BCUT2D eigenvalue weighted by Crippen LogP contribution is -2.43. The van der Waals surface area contributed by atoms with Crippen LogP contribution in [0.3, 0.4) is 0 Å². The minimum absolute atomic E-state index is 0.105. The van der Waals surface area contributed by atoms with E-state index in [4.69, 9.17) is 9.47 Å². The van der Waals surface area contributed by atoms with Gasteiger partial charge in [-0.05, 0) is 76.2 Å². The zero-order valence-corrected chi connectivity index (χ0v) is 21.3. The molecule has 0 spiro atoms. The SMILES string of the molecule is CCOC(=O)C[C@H](O)C[C@H](O)CC[C@@H]1[C@@H]2C(=C[C@@H](C)C[C@H]2OC(=O)C(C)(C)CC)C=C[C@@H]1C. The lowest BCUT2D eigenvalue weighted by atomic mass is 9.65. The molecule has 6 nitrogen and oxygen atoms in total. The minimum Gasteiger partial charge on any atom is -0.466 e. The summed E-state index contributed by atoms with van der Waals surface area (Å²) in [4.78, 5) is 24.5. The summed E-state index contributed by atoms with van der Waals surface area (Å²) in [6.45, 7) is 12.2. The van der Waals surface area contributed by atoms with Crippen LogP contribution >= 0.6 is 0 Å². The first-order valence-electron chi connectivity index (χ1n) is 12.6. The monoisotopic (exact) mass is 464 g/mol. The van der Waals surface area contributed by atoms with Gasteiger partial charge in [-0.2, -0.15) is 0 Å². The van der Waals surface area contributed by atoms with E-state index >= 15 is 0 Å². The molecule has 0 fully saturated rings. The Morgan fingerprint density at radius 3 is 2.52 bits per heavy atom. The molecule has 0 aromatic carbocycles. The Kier molecular flexibility index (Phi) is 10.2. The molecule has 0 aromatic rings. The summed E-state index contributed by atoms with van der Waals surface area (Å²) in [7, 11) is 0. The van der Waals surface area contributed by atoms with E-state index in [-0.39, 0.29) is 49.3 Å². The molecule has 6 heteroatoms. The number of esters is 2. The van der Waals surface area contributed by atoms with Gasteiger partial charge in [0.1, 0.15) is 6.10 Å². The predicted octanol–water partition coefficient (Wildman–Crippen LogP) is 4.58. The number of ether oxygens (including phenoxy) is 2. The molecule has 0 saturated heterocycles. The van der Waals surface area contributed by atoms with Crippen LogP contribution < -0.4 is 0 Å². The fraction of sp³-hybridized carbons (Fsp3) is 0.778. The molecule has 7 atom stereocenters. The summed E-state index contributed by atoms with van der Waals surface area (Å²) in [6.07, 6.45) is 7.70. The lowest BCUT2D eigenvalue weighted by molar-refractivity contribution is -0.164. The molecule has 2 aliphatic carbocycles. The Bertz CT molecular complexity index is 724. The van der Waals surface area contributed by atoms with Crippen molar-refractivity contribution in [2.24, 2.45) is 29.1 Å². The number of fused-ring (bicyclic) bond motifs is 1. The quantitative estimate of drug-likeness (QED) is 0.435. The summed E-state index contributed by atoms with van der Waals surface area (Å²) < 4.78 is 11.0. The highest BCUT2D eigenvalue weighted by Crippen LogP contribution is 2.45. The number of carbonyl (C=O) groups excluding carboxylic acids is 2. The summed E-state index contributed by atoms with van der Waals surface area (Å²) in [5.74, 6) is 0.363. The molecule has 0 aliphatic heterocycles. The summed E-state index contributed by atoms with van der Waals surface area (Å²) in [6, 6.07) is 0. The van der Waals surface area contributed by atoms with Gasteiger partial charge < -0.3 is 19.7 Å². The summed E-state index contributed by atoms with van der Waals surface area (Å²) in [5, 5.41) is 20.7. The van der Waals surface area contributed by atoms with Gasteiger partial charge in [-0.25, -0.2) is 0 Å². The average Bonchev–Trinajstić information content (AvgIpc) is 2.72. The molecule has 0 saturated carbocycles. The molecule has 33 heavy (non-hydrogen) atoms. The van der Waals surface area contributed by atoms with Crippen molar-refractivity contribution in [2.75, 3.05) is 6.61 Å². The van der Waals surface area contributed by atoms with Crippen LogP contribution in [0.5, 0.6) is 0 Å². The molecule has 0 bridgehead atoms. The van der Waals surface area contributed by atoms with Crippen molar-refractivity contribution in [3.8, 4) is 0 Å². The third kappa shape index (κ3) is 7.68. The van der Waals surface area contributed by atoms with E-state index in [1.807, 2.05) is 20.8 Å². The van der Waals surface area contributed by atoms with Crippen LogP contribution in [0.4, 0.5) is 0 Å². The normalized spacial score (nSPS) is 29.0. The number of hydrogen-bond acceptors (Lipinski definition) is 6. The highest BCUT2D eigenvalue weighted by molar-refractivity contribution is 5.76. The van der Waals surface area contributed by atoms with Crippen LogP contribution in [0.1, 0.15) is 80.1 Å². The van der Waals surface area contributed by atoms with Gasteiger partial charge in [-0.15, -0.1) is 0 Å². The Balaban J connectivity index is 2.07. The van der Waals surface area contributed by atoms with Gasteiger partial charge in [-0.3, -0.25) is 9.59 Å². The zero-order valence-electron chi connectivity index (χ0n) is 21.3. The molecule has 0 unspecified atom stereocenters. The van der Waals surface area contributed by atoms with Crippen molar-refractivity contribution in [1.82, 2.24) is 0 Å². The standard InChI is InChI=1S/C27H44O6/c1-7-27(5,6)26(31)33-23-14-17(3)13-19-10-9-18(4)22(25(19)23)12-11-20(28)15-21(29)16-24(30)32-8-2/h9-10,13,17-18,20-23,25,28-29H,7-8,11-12,14-16H2,1-6H3/t17-,18+,20-,21-,22+,23-,25+/m1/s1. The maximum Gasteiger partial charge on any atom is 0.311 e. The van der Waals surface area contributed by atoms with Crippen molar-refractivity contribution < 1.29 is 29.3 Å². The molecule has 0 radical (unpaired) electrons. The van der Waals surface area contributed by atoms with Crippen LogP contribution in [-0.2, 0) is 19.1 Å². The second-order valence-electron chi connectivity index (χ2n) is 10.6. The second-order valence-corrected chi connectivity index (χ2v) is 10.6. The van der Waals surface area contributed by atoms with Crippen molar-refractivity contribution in [3.05, 3.63) is 23.8 Å². The van der Waals surface area contributed by atoms with Crippen LogP contribution in [0.2, 0.25) is 0 Å². The maximum absolute atomic E-state index is 12.9. The topological polar surface area (TPSA) is 93.1 Å². The smallest absolute Gasteiger partial charge is 0.311 e. The molecule has 2 rings (SSSR count). The highest BCUT2D eigenvalue weighted by Gasteiger charge is 2.42. The third-order valence-corrected chi connectivity index (χ3v) is 7.38. The number of aliphatic hydroxyl groups excluding tert-OH is 2.